The molecule has 0 spiro atoms. The molecule has 2 aromatic rings. The van der Waals surface area contributed by atoms with Crippen LogP contribution in [-0.4, -0.2) is 28.5 Å². The molecule has 0 saturated carbocycles. The fourth-order valence-corrected chi connectivity index (χ4v) is 5.75. The van der Waals surface area contributed by atoms with Gasteiger partial charge in [0.05, 0.1) is 22.3 Å². The maximum absolute atomic E-state index is 12.5. The number of hydrogen-bond donors (Lipinski definition) is 1. The lowest BCUT2D eigenvalue weighted by molar-refractivity contribution is -0.119. The summed E-state index contributed by atoms with van der Waals surface area (Å²) in [6.07, 6.45) is 0.852. The van der Waals surface area contributed by atoms with Crippen molar-refractivity contribution in [1.29, 1.82) is 0 Å². The van der Waals surface area contributed by atoms with Crippen LogP contribution in [0.25, 0.3) is 0 Å². The summed E-state index contributed by atoms with van der Waals surface area (Å²) in [7, 11) is -7.55. The number of anilines is 2. The number of aryl methyl sites for hydroxylation is 1. The van der Waals surface area contributed by atoms with E-state index >= 15 is 0 Å². The molecule has 0 aromatic heterocycles. The normalized spacial score (nSPS) is 19.3. The van der Waals surface area contributed by atoms with Crippen molar-refractivity contribution in [2.75, 3.05) is 14.8 Å². The van der Waals surface area contributed by atoms with Gasteiger partial charge in [-0.15, -0.1) is 0 Å². The van der Waals surface area contributed by atoms with Crippen LogP contribution in [-0.2, 0) is 31.3 Å². The number of nitrogens with one attached hydrogen (secondary N) is 1. The van der Waals surface area contributed by atoms with Crippen molar-refractivity contribution in [2.24, 2.45) is 5.92 Å². The predicted molar refractivity (Wildman–Crippen MR) is 104 cm³/mol. The minimum atomic E-state index is -3.83. The Balaban J connectivity index is 1.84. The molecule has 3 rings (SSSR count). The number of hydrogen-bond acceptors (Lipinski definition) is 5. The van der Waals surface area contributed by atoms with Crippen molar-refractivity contribution in [2.45, 2.75) is 25.2 Å². The lowest BCUT2D eigenvalue weighted by atomic mass is 10.2. The zero-order valence-corrected chi connectivity index (χ0v) is 16.5. The molecule has 27 heavy (non-hydrogen) atoms. The monoisotopic (exact) mass is 408 g/mol. The van der Waals surface area contributed by atoms with Gasteiger partial charge in [0.25, 0.3) is 10.0 Å². The molecule has 1 amide bonds. The number of nitrogens with zero attached hydrogens (tertiary/aromatic N) is 1. The fraction of sp³-hybridized carbons (Fsp3) is 0.278. The fourth-order valence-electron chi connectivity index (χ4n) is 2.87. The molecule has 2 aromatic carbocycles. The van der Waals surface area contributed by atoms with E-state index in [-0.39, 0.29) is 16.3 Å². The first-order chi connectivity index (χ1) is 12.6. The number of rotatable bonds is 5. The highest BCUT2D eigenvalue weighted by atomic mass is 32.2. The van der Waals surface area contributed by atoms with Crippen molar-refractivity contribution in [3.05, 3.63) is 54.1 Å². The van der Waals surface area contributed by atoms with Gasteiger partial charge in [0.2, 0.25) is 15.9 Å². The first kappa shape index (κ1) is 19.4. The first-order valence-electron chi connectivity index (χ1n) is 8.43. The standard InChI is InChI=1S/C18H20N2O5S2/c1-3-14-4-6-15(7-5-14)19-27(24,25)17-10-8-16(9-11-17)20-18(21)13(2)12-26(20,22)23/h4-11,13,19H,3,12H2,1-2H3. The van der Waals surface area contributed by atoms with Gasteiger partial charge in [0, 0.05) is 5.69 Å². The van der Waals surface area contributed by atoms with E-state index in [1.165, 1.54) is 24.3 Å². The summed E-state index contributed by atoms with van der Waals surface area (Å²) in [6, 6.07) is 12.2. The number of benzene rings is 2. The molecule has 1 aliphatic rings. The molecular formula is C18H20N2O5S2. The van der Waals surface area contributed by atoms with Gasteiger partial charge in [0.15, 0.2) is 0 Å². The number of carbonyl (C=O) groups excluding carboxylic acids is 1. The lowest BCUT2D eigenvalue weighted by Crippen LogP contribution is -2.30. The van der Waals surface area contributed by atoms with Crippen molar-refractivity contribution in [3.8, 4) is 0 Å². The van der Waals surface area contributed by atoms with Gasteiger partial charge < -0.3 is 0 Å². The van der Waals surface area contributed by atoms with Gasteiger partial charge in [-0.3, -0.25) is 9.52 Å². The van der Waals surface area contributed by atoms with Gasteiger partial charge in [0.1, 0.15) is 0 Å². The Labute approximate surface area is 159 Å². The van der Waals surface area contributed by atoms with Crippen molar-refractivity contribution >= 4 is 37.3 Å². The highest BCUT2D eigenvalue weighted by Crippen LogP contribution is 2.29. The highest BCUT2D eigenvalue weighted by Gasteiger charge is 2.41. The topological polar surface area (TPSA) is 101 Å². The van der Waals surface area contributed by atoms with Crippen LogP contribution in [0.2, 0.25) is 0 Å². The van der Waals surface area contributed by atoms with Crippen molar-refractivity contribution < 1.29 is 21.6 Å². The van der Waals surface area contributed by atoms with E-state index in [1.807, 2.05) is 19.1 Å². The molecule has 1 atom stereocenters. The van der Waals surface area contributed by atoms with E-state index in [9.17, 15) is 21.6 Å². The second-order valence-electron chi connectivity index (χ2n) is 6.43. The maximum atomic E-state index is 12.5. The zero-order valence-electron chi connectivity index (χ0n) is 14.9. The van der Waals surface area contributed by atoms with Gasteiger partial charge in [-0.1, -0.05) is 26.0 Å². The minimum absolute atomic E-state index is 0.0251. The van der Waals surface area contributed by atoms with Crippen LogP contribution in [0.4, 0.5) is 11.4 Å². The van der Waals surface area contributed by atoms with E-state index in [1.54, 1.807) is 19.1 Å². The van der Waals surface area contributed by atoms with Crippen LogP contribution < -0.4 is 9.03 Å². The Morgan fingerprint density at radius 2 is 1.67 bits per heavy atom. The van der Waals surface area contributed by atoms with E-state index < -0.39 is 31.9 Å². The molecular weight excluding hydrogens is 388 g/mol. The van der Waals surface area contributed by atoms with Crippen molar-refractivity contribution in [1.82, 2.24) is 0 Å². The molecule has 7 nitrogen and oxygen atoms in total. The summed E-state index contributed by atoms with van der Waals surface area (Å²) in [4.78, 5) is 12.1. The second-order valence-corrected chi connectivity index (χ2v) is 9.98. The van der Waals surface area contributed by atoms with Crippen molar-refractivity contribution in [3.63, 3.8) is 0 Å². The zero-order chi connectivity index (χ0) is 19.8. The summed E-state index contributed by atoms with van der Waals surface area (Å²) >= 11 is 0. The molecule has 0 aliphatic carbocycles. The maximum Gasteiger partial charge on any atom is 0.261 e. The molecule has 1 aliphatic heterocycles. The number of amides is 1. The highest BCUT2D eigenvalue weighted by molar-refractivity contribution is 7.94. The third-order valence-corrected chi connectivity index (χ3v) is 7.62. The quantitative estimate of drug-likeness (QED) is 0.819. The third kappa shape index (κ3) is 3.84. The number of carbonyl (C=O) groups is 1. The Hall–Kier alpha value is -2.39. The molecule has 1 saturated heterocycles. The summed E-state index contributed by atoms with van der Waals surface area (Å²) in [6.45, 7) is 3.55. The Morgan fingerprint density at radius 1 is 1.07 bits per heavy atom. The van der Waals surface area contributed by atoms with E-state index in [0.717, 1.165) is 16.3 Å². The van der Waals surface area contributed by atoms with Crippen LogP contribution in [0.3, 0.4) is 0 Å². The van der Waals surface area contributed by atoms with Crippen LogP contribution in [0.15, 0.2) is 53.4 Å². The smallest absolute Gasteiger partial charge is 0.261 e. The van der Waals surface area contributed by atoms with Crippen LogP contribution in [0.1, 0.15) is 19.4 Å². The molecule has 0 bridgehead atoms. The molecule has 144 valence electrons. The molecule has 1 fully saturated rings. The molecule has 9 heteroatoms. The first-order valence-corrected chi connectivity index (χ1v) is 11.5. The third-order valence-electron chi connectivity index (χ3n) is 4.36. The lowest BCUT2D eigenvalue weighted by Gasteiger charge is -2.16. The summed E-state index contributed by atoms with van der Waals surface area (Å²) in [5.41, 5.74) is 1.66. The van der Waals surface area contributed by atoms with Crippen LogP contribution >= 0.6 is 0 Å². The number of sulfonamides is 2. The Morgan fingerprint density at radius 3 is 2.15 bits per heavy atom. The summed E-state index contributed by atoms with van der Waals surface area (Å²) in [5, 5.41) is 0. The van der Waals surface area contributed by atoms with E-state index in [4.69, 9.17) is 0 Å². The van der Waals surface area contributed by atoms with E-state index in [2.05, 4.69) is 4.72 Å². The van der Waals surface area contributed by atoms with E-state index in [0.29, 0.717) is 5.69 Å². The summed E-state index contributed by atoms with van der Waals surface area (Å²) < 4.78 is 52.5. The SMILES string of the molecule is CCc1ccc(NS(=O)(=O)c2ccc(N3C(=O)C(C)CS3(=O)=O)cc2)cc1. The second kappa shape index (κ2) is 6.97. The van der Waals surface area contributed by atoms with Gasteiger partial charge in [-0.2, -0.15) is 0 Å². The Kier molecular flexibility index (Phi) is 5.00. The van der Waals surface area contributed by atoms with Gasteiger partial charge in [-0.05, 0) is 48.4 Å². The molecule has 1 N–H and O–H groups in total. The minimum Gasteiger partial charge on any atom is -0.280 e. The molecule has 0 radical (unpaired) electrons. The molecule has 1 heterocycles. The predicted octanol–water partition coefficient (Wildman–Crippen LogP) is 2.36. The van der Waals surface area contributed by atoms with Crippen LogP contribution in [0, 0.1) is 5.92 Å². The van der Waals surface area contributed by atoms with Gasteiger partial charge >= 0.3 is 0 Å². The largest absolute Gasteiger partial charge is 0.280 e. The Bertz CT molecular complexity index is 1060. The average molecular weight is 409 g/mol. The molecule has 1 unspecified atom stereocenters. The summed E-state index contributed by atoms with van der Waals surface area (Å²) in [5.74, 6) is -1.38. The van der Waals surface area contributed by atoms with Gasteiger partial charge in [-0.25, -0.2) is 21.1 Å². The average Bonchev–Trinajstić information content (AvgIpc) is 2.82. The van der Waals surface area contributed by atoms with Crippen LogP contribution in [0.5, 0.6) is 0 Å².